The first-order valence-electron chi connectivity index (χ1n) is 10.9. The fourth-order valence-corrected chi connectivity index (χ4v) is 4.69. The number of fused-ring (bicyclic) bond motifs is 1. The number of rotatable bonds is 3. The molecule has 0 spiro atoms. The predicted molar refractivity (Wildman–Crippen MR) is 122 cm³/mol. The van der Waals surface area contributed by atoms with Crippen LogP contribution in [-0.4, -0.2) is 40.7 Å². The van der Waals surface area contributed by atoms with E-state index in [1.807, 2.05) is 32.1 Å². The van der Waals surface area contributed by atoms with E-state index in [1.54, 1.807) is 12.3 Å². The summed E-state index contributed by atoms with van der Waals surface area (Å²) in [6, 6.07) is 8.07. The van der Waals surface area contributed by atoms with Gasteiger partial charge in [-0.25, -0.2) is 9.37 Å². The zero-order valence-electron chi connectivity index (χ0n) is 18.4. The van der Waals surface area contributed by atoms with Gasteiger partial charge in [-0.3, -0.25) is 9.59 Å². The lowest BCUT2D eigenvalue weighted by Crippen LogP contribution is -2.36. The largest absolute Gasteiger partial charge is 0.482 e. The Morgan fingerprint density at radius 1 is 1.24 bits per heavy atom. The third-order valence-electron chi connectivity index (χ3n) is 6.49. The van der Waals surface area contributed by atoms with Gasteiger partial charge in [0.15, 0.2) is 0 Å². The number of hydrogen-bond acceptors (Lipinski definition) is 5. The van der Waals surface area contributed by atoms with Crippen molar-refractivity contribution in [2.75, 3.05) is 23.3 Å². The second-order valence-electron chi connectivity index (χ2n) is 9.06. The number of amides is 1. The van der Waals surface area contributed by atoms with E-state index < -0.39 is 17.4 Å². The fourth-order valence-electron chi connectivity index (χ4n) is 4.69. The maximum atomic E-state index is 13.8. The van der Waals surface area contributed by atoms with Crippen LogP contribution in [0.2, 0.25) is 0 Å². The quantitative estimate of drug-likeness (QED) is 0.687. The van der Waals surface area contributed by atoms with Gasteiger partial charge in [-0.1, -0.05) is 0 Å². The number of aromatic nitrogens is 1. The van der Waals surface area contributed by atoms with Gasteiger partial charge in [0.2, 0.25) is 0 Å². The van der Waals surface area contributed by atoms with Crippen molar-refractivity contribution in [3.63, 3.8) is 0 Å². The molecule has 1 aromatic carbocycles. The van der Waals surface area contributed by atoms with E-state index >= 15 is 0 Å². The number of aliphatic carboxylic acids is 1. The number of anilines is 2. The molecule has 1 aromatic heterocycles. The molecule has 2 N–H and O–H groups in total. The van der Waals surface area contributed by atoms with Crippen molar-refractivity contribution in [2.24, 2.45) is 5.92 Å². The van der Waals surface area contributed by atoms with Crippen molar-refractivity contribution >= 4 is 34.5 Å². The Hall–Kier alpha value is -3.68. The number of allylic oxidation sites excluding steroid dienone is 1. The molecule has 4 heterocycles. The van der Waals surface area contributed by atoms with Crippen LogP contribution in [0.4, 0.5) is 15.9 Å². The highest BCUT2D eigenvalue weighted by Gasteiger charge is 2.38. The Balaban J connectivity index is 1.43. The zero-order chi connectivity index (χ0) is 23.3. The van der Waals surface area contributed by atoms with E-state index in [-0.39, 0.29) is 11.8 Å². The predicted octanol–water partition coefficient (Wildman–Crippen LogP) is 4.08. The van der Waals surface area contributed by atoms with E-state index in [2.05, 4.69) is 15.2 Å². The maximum Gasteiger partial charge on any atom is 0.306 e. The molecule has 1 amide bonds. The van der Waals surface area contributed by atoms with E-state index in [1.165, 1.54) is 12.1 Å². The van der Waals surface area contributed by atoms with Gasteiger partial charge in [0, 0.05) is 41.7 Å². The number of ether oxygens (including phenoxy) is 1. The minimum atomic E-state index is -0.736. The van der Waals surface area contributed by atoms with Crippen molar-refractivity contribution in [1.29, 1.82) is 0 Å². The van der Waals surface area contributed by atoms with Crippen LogP contribution in [0.1, 0.15) is 37.8 Å². The van der Waals surface area contributed by atoms with Gasteiger partial charge < -0.3 is 20.1 Å². The van der Waals surface area contributed by atoms with Gasteiger partial charge in [0.05, 0.1) is 11.5 Å². The normalized spacial score (nSPS) is 22.0. The molecule has 0 saturated carbocycles. The van der Waals surface area contributed by atoms with Crippen molar-refractivity contribution in [3.8, 4) is 0 Å². The lowest BCUT2D eigenvalue weighted by molar-refractivity contribution is -0.142. The number of piperidine rings is 1. The summed E-state index contributed by atoms with van der Waals surface area (Å²) in [5, 5.41) is 11.9. The molecule has 3 aliphatic rings. The van der Waals surface area contributed by atoms with Crippen LogP contribution in [-0.2, 0) is 14.3 Å². The number of benzene rings is 1. The van der Waals surface area contributed by atoms with Crippen LogP contribution in [0, 0.1) is 11.7 Å². The third-order valence-corrected chi connectivity index (χ3v) is 6.49. The SMILES string of the molecule is CC1(C)O/C(=C2\C(=O)Nc3ccc(F)cc32)C=C1c1ccc(N2CCC(C(=O)O)CC2)nc1. The first-order chi connectivity index (χ1) is 15.7. The summed E-state index contributed by atoms with van der Waals surface area (Å²) in [7, 11) is 0. The molecule has 5 rings (SSSR count). The third kappa shape index (κ3) is 3.75. The topological polar surface area (TPSA) is 91.8 Å². The van der Waals surface area contributed by atoms with Gasteiger partial charge in [-0.05, 0) is 63.1 Å². The standard InChI is InChI=1S/C25H24FN3O4/c1-25(2)18(12-20(33-25)22-17-11-16(26)4-5-19(17)28-23(22)30)15-3-6-21(27-13-15)29-9-7-14(8-10-29)24(31)32/h3-6,11-14H,7-10H2,1-2H3,(H,28,30)(H,31,32)/b22-20-. The average Bonchev–Trinajstić information content (AvgIpc) is 3.28. The highest BCUT2D eigenvalue weighted by molar-refractivity contribution is 6.32. The summed E-state index contributed by atoms with van der Waals surface area (Å²) in [6.07, 6.45) is 4.80. The Morgan fingerprint density at radius 3 is 2.67 bits per heavy atom. The van der Waals surface area contributed by atoms with E-state index in [9.17, 15) is 19.1 Å². The minimum Gasteiger partial charge on any atom is -0.482 e. The number of nitrogens with zero attached hydrogens (tertiary/aromatic N) is 2. The number of nitrogens with one attached hydrogen (secondary N) is 1. The van der Waals surface area contributed by atoms with Crippen molar-refractivity contribution in [1.82, 2.24) is 4.98 Å². The number of carbonyl (C=O) groups is 2. The number of carboxylic acid groups (broad SMARTS) is 1. The summed E-state index contributed by atoms with van der Waals surface area (Å²) in [6.45, 7) is 5.14. The number of carbonyl (C=O) groups excluding carboxylic acids is 1. The first kappa shape index (κ1) is 21.2. The van der Waals surface area contributed by atoms with E-state index in [4.69, 9.17) is 4.74 Å². The Kier molecular flexibility index (Phi) is 4.96. The van der Waals surface area contributed by atoms with Crippen LogP contribution < -0.4 is 10.2 Å². The molecule has 170 valence electrons. The fraction of sp³-hybridized carbons (Fsp3) is 0.320. The van der Waals surface area contributed by atoms with Crippen molar-refractivity contribution in [2.45, 2.75) is 32.3 Å². The van der Waals surface area contributed by atoms with Gasteiger partial charge >= 0.3 is 5.97 Å². The molecule has 0 radical (unpaired) electrons. The monoisotopic (exact) mass is 449 g/mol. The molecule has 33 heavy (non-hydrogen) atoms. The minimum absolute atomic E-state index is 0.292. The van der Waals surface area contributed by atoms with Crippen molar-refractivity contribution in [3.05, 3.63) is 65.3 Å². The van der Waals surface area contributed by atoms with Crippen LogP contribution >= 0.6 is 0 Å². The molecule has 0 atom stereocenters. The Labute approximate surface area is 190 Å². The summed E-state index contributed by atoms with van der Waals surface area (Å²) in [5.74, 6) is -0.566. The molecule has 3 aliphatic heterocycles. The van der Waals surface area contributed by atoms with Crippen LogP contribution in [0.25, 0.3) is 11.1 Å². The first-order valence-corrected chi connectivity index (χ1v) is 10.9. The second kappa shape index (κ2) is 7.72. The Morgan fingerprint density at radius 2 is 2.00 bits per heavy atom. The van der Waals surface area contributed by atoms with Crippen molar-refractivity contribution < 1.29 is 23.8 Å². The van der Waals surface area contributed by atoms with Crippen LogP contribution in [0.15, 0.2) is 48.4 Å². The molecule has 2 aromatic rings. The van der Waals surface area contributed by atoms with E-state index in [0.29, 0.717) is 48.5 Å². The van der Waals surface area contributed by atoms with Crippen LogP contribution in [0.5, 0.6) is 0 Å². The molecule has 0 bridgehead atoms. The molecular weight excluding hydrogens is 425 g/mol. The summed E-state index contributed by atoms with van der Waals surface area (Å²) < 4.78 is 20.0. The average molecular weight is 449 g/mol. The number of hydrogen-bond donors (Lipinski definition) is 2. The lowest BCUT2D eigenvalue weighted by Gasteiger charge is -2.31. The second-order valence-corrected chi connectivity index (χ2v) is 9.06. The lowest BCUT2D eigenvalue weighted by atomic mass is 9.93. The highest BCUT2D eigenvalue weighted by atomic mass is 19.1. The highest BCUT2D eigenvalue weighted by Crippen LogP contribution is 2.44. The van der Waals surface area contributed by atoms with Crippen LogP contribution in [0.3, 0.4) is 0 Å². The number of pyridine rings is 1. The summed E-state index contributed by atoms with van der Waals surface area (Å²) >= 11 is 0. The zero-order valence-corrected chi connectivity index (χ0v) is 18.4. The smallest absolute Gasteiger partial charge is 0.306 e. The molecule has 0 unspecified atom stereocenters. The van der Waals surface area contributed by atoms with Gasteiger partial charge in [0.1, 0.15) is 23.0 Å². The van der Waals surface area contributed by atoms with Gasteiger partial charge in [0.25, 0.3) is 5.91 Å². The Bertz CT molecular complexity index is 1210. The van der Waals surface area contributed by atoms with Gasteiger partial charge in [-0.15, -0.1) is 0 Å². The molecule has 8 heteroatoms. The maximum absolute atomic E-state index is 13.8. The van der Waals surface area contributed by atoms with Gasteiger partial charge in [-0.2, -0.15) is 0 Å². The number of carboxylic acids is 1. The summed E-state index contributed by atoms with van der Waals surface area (Å²) in [4.78, 5) is 30.5. The molecular formula is C25H24FN3O4. The number of halogens is 1. The molecule has 7 nitrogen and oxygen atoms in total. The molecule has 1 fully saturated rings. The molecule has 1 saturated heterocycles. The van der Waals surface area contributed by atoms with E-state index in [0.717, 1.165) is 17.0 Å². The molecule has 0 aliphatic carbocycles. The summed E-state index contributed by atoms with van der Waals surface area (Å²) in [5.41, 5.74) is 2.38.